The Bertz CT molecular complexity index is 430. The maximum atomic E-state index is 5.76. The second-order valence-electron chi connectivity index (χ2n) is 7.79. The Kier molecular flexibility index (Phi) is 16.5. The lowest BCUT2D eigenvalue weighted by atomic mass is 10.5. The Morgan fingerprint density at radius 2 is 1.12 bits per heavy atom. The number of rotatable bonds is 20. The lowest BCUT2D eigenvalue weighted by Gasteiger charge is -2.28. The van der Waals surface area contributed by atoms with E-state index < -0.39 is 17.4 Å². The van der Waals surface area contributed by atoms with Crippen LogP contribution in [0.3, 0.4) is 0 Å². The van der Waals surface area contributed by atoms with Crippen LogP contribution in [0.15, 0.2) is 0 Å². The molecular weight excluding hydrogens is 452 g/mol. The molecule has 2 fully saturated rings. The summed E-state index contributed by atoms with van der Waals surface area (Å²) in [5.74, 6) is 0. The van der Waals surface area contributed by atoms with E-state index in [-0.39, 0.29) is 0 Å². The van der Waals surface area contributed by atoms with Gasteiger partial charge in [0.25, 0.3) is 0 Å². The van der Waals surface area contributed by atoms with E-state index in [1.165, 1.54) is 0 Å². The van der Waals surface area contributed by atoms with Gasteiger partial charge in [0, 0.05) is 53.3 Å². The van der Waals surface area contributed by atoms with Crippen molar-refractivity contribution in [1.29, 1.82) is 0 Å². The molecule has 32 heavy (non-hydrogen) atoms. The van der Waals surface area contributed by atoms with Gasteiger partial charge in [0.2, 0.25) is 0 Å². The largest absolute Gasteiger partial charge is 0.501 e. The monoisotopic (exact) mass is 498 g/mol. The first kappa shape index (κ1) is 30.1. The zero-order valence-corrected chi connectivity index (χ0v) is 23.0. The minimum absolute atomic E-state index is 0.331. The van der Waals surface area contributed by atoms with Crippen molar-refractivity contribution in [2.24, 2.45) is 0 Å². The van der Waals surface area contributed by atoms with E-state index in [0.29, 0.717) is 45.2 Å². The average Bonchev–Trinajstić information content (AvgIpc) is 3.70. The predicted octanol–water partition coefficient (Wildman–Crippen LogP) is 3.00. The molecule has 2 saturated heterocycles. The van der Waals surface area contributed by atoms with E-state index in [0.717, 1.165) is 51.4 Å². The van der Waals surface area contributed by atoms with Crippen LogP contribution in [0, 0.1) is 0 Å². The van der Waals surface area contributed by atoms with Crippen LogP contribution >= 0.6 is 0 Å². The van der Waals surface area contributed by atoms with Crippen LogP contribution in [0.2, 0.25) is 18.6 Å². The molecule has 0 aromatic heterocycles. The molecule has 2 aliphatic rings. The highest BCUT2D eigenvalue weighted by molar-refractivity contribution is 6.65. The topological polar surface area (TPSA) is 89.7 Å². The molecule has 2 unspecified atom stereocenters. The van der Waals surface area contributed by atoms with Gasteiger partial charge in [-0.05, 0) is 46.2 Å². The first-order valence-electron chi connectivity index (χ1n) is 11.9. The van der Waals surface area contributed by atoms with E-state index in [2.05, 4.69) is 6.55 Å². The first-order chi connectivity index (χ1) is 15.5. The Labute approximate surface area is 196 Å². The zero-order valence-electron chi connectivity index (χ0n) is 21.0. The minimum atomic E-state index is -2.47. The summed E-state index contributed by atoms with van der Waals surface area (Å²) in [6.07, 6.45) is 2.59. The van der Waals surface area contributed by atoms with Crippen molar-refractivity contribution in [3.63, 3.8) is 0 Å². The molecular formula is C21H46O9Si2. The fourth-order valence-electron chi connectivity index (χ4n) is 2.93. The van der Waals surface area contributed by atoms with Gasteiger partial charge in [-0.25, -0.2) is 0 Å². The number of ether oxygens (including phenoxy) is 4. The normalized spacial score (nSPS) is 20.1. The lowest BCUT2D eigenvalue weighted by Crippen LogP contribution is -2.46. The third-order valence-electron chi connectivity index (χ3n) is 5.06. The van der Waals surface area contributed by atoms with E-state index in [1.807, 2.05) is 20.8 Å². The molecule has 0 spiro atoms. The van der Waals surface area contributed by atoms with Gasteiger partial charge in [-0.15, -0.1) is 0 Å². The summed E-state index contributed by atoms with van der Waals surface area (Å²) in [5.41, 5.74) is 0. The number of hydrogen-bond donors (Lipinski definition) is 0. The summed E-state index contributed by atoms with van der Waals surface area (Å²) in [6, 6.07) is 1.79. The predicted molar refractivity (Wildman–Crippen MR) is 126 cm³/mol. The zero-order chi connectivity index (χ0) is 23.7. The maximum absolute atomic E-state index is 5.76. The Balaban J connectivity index is 0.000000330. The van der Waals surface area contributed by atoms with Crippen LogP contribution in [-0.2, 0) is 41.1 Å². The summed E-state index contributed by atoms with van der Waals surface area (Å²) in [4.78, 5) is 0. The second-order valence-corrected chi connectivity index (χ2v) is 14.1. The van der Waals surface area contributed by atoms with Gasteiger partial charge in [0.15, 0.2) is 0 Å². The van der Waals surface area contributed by atoms with Crippen LogP contribution in [0.25, 0.3) is 0 Å². The van der Waals surface area contributed by atoms with Crippen molar-refractivity contribution in [2.75, 3.05) is 73.7 Å². The summed E-state index contributed by atoms with van der Waals surface area (Å²) in [6.45, 7) is 14.5. The van der Waals surface area contributed by atoms with Crippen LogP contribution in [-0.4, -0.2) is 103 Å². The molecule has 192 valence electrons. The van der Waals surface area contributed by atoms with Crippen molar-refractivity contribution in [3.8, 4) is 0 Å². The van der Waals surface area contributed by atoms with Gasteiger partial charge in [-0.1, -0.05) is 0 Å². The molecule has 0 aromatic rings. The smallest absolute Gasteiger partial charge is 0.398 e. The van der Waals surface area contributed by atoms with Gasteiger partial charge in [-0.3, -0.25) is 0 Å². The van der Waals surface area contributed by atoms with Gasteiger partial charge in [-0.2, -0.15) is 0 Å². The maximum Gasteiger partial charge on any atom is 0.501 e. The van der Waals surface area contributed by atoms with Crippen molar-refractivity contribution < 1.29 is 41.1 Å². The lowest BCUT2D eigenvalue weighted by molar-refractivity contribution is 0.0648. The summed E-state index contributed by atoms with van der Waals surface area (Å²) in [7, 11) is -0.905. The Morgan fingerprint density at radius 3 is 1.47 bits per heavy atom. The standard InChI is InChI=1S/C12H26O5Si.C9H20O4Si/c1-4-15-18(16-5-2,17-6-3)9-7-8-13-10-12-11-14-12;1-10-14(3,11-2)6-4-5-12-7-9-8-13-9/h12H,4-11H2,1-3H3;9H,4-8H2,1-3H3. The molecule has 0 bridgehead atoms. The van der Waals surface area contributed by atoms with Crippen LogP contribution in [0.1, 0.15) is 33.6 Å². The molecule has 2 atom stereocenters. The second kappa shape index (κ2) is 17.5. The third kappa shape index (κ3) is 14.4. The molecule has 0 aromatic carbocycles. The van der Waals surface area contributed by atoms with Gasteiger partial charge >= 0.3 is 17.4 Å². The molecule has 0 aliphatic carbocycles. The molecule has 0 N–H and O–H groups in total. The SMILES string of the molecule is CCO[Si](CCCOCC1CO1)(OCC)OCC.CO[Si](C)(CCCOCC1CO1)OC. The summed E-state index contributed by atoms with van der Waals surface area (Å²) in [5, 5.41) is 0. The van der Waals surface area contributed by atoms with Crippen LogP contribution in [0.5, 0.6) is 0 Å². The van der Waals surface area contributed by atoms with E-state index in [4.69, 9.17) is 41.1 Å². The van der Waals surface area contributed by atoms with Gasteiger partial charge in [0.1, 0.15) is 12.2 Å². The van der Waals surface area contributed by atoms with Crippen molar-refractivity contribution >= 4 is 17.4 Å². The van der Waals surface area contributed by atoms with Crippen LogP contribution < -0.4 is 0 Å². The molecule has 9 nitrogen and oxygen atoms in total. The number of epoxide rings is 2. The van der Waals surface area contributed by atoms with Crippen LogP contribution in [0.4, 0.5) is 0 Å². The quantitative estimate of drug-likeness (QED) is 0.143. The number of hydrogen-bond acceptors (Lipinski definition) is 9. The van der Waals surface area contributed by atoms with Gasteiger partial charge in [0.05, 0.1) is 26.4 Å². The highest BCUT2D eigenvalue weighted by Gasteiger charge is 2.39. The summed E-state index contributed by atoms with van der Waals surface area (Å²) < 4.78 is 49.1. The highest BCUT2D eigenvalue weighted by Crippen LogP contribution is 2.19. The van der Waals surface area contributed by atoms with Gasteiger partial charge < -0.3 is 41.1 Å². The molecule has 0 radical (unpaired) electrons. The van der Waals surface area contributed by atoms with Crippen molar-refractivity contribution in [2.45, 2.75) is 64.5 Å². The molecule has 2 heterocycles. The molecule has 0 amide bonds. The van der Waals surface area contributed by atoms with E-state index in [1.54, 1.807) is 14.2 Å². The van der Waals surface area contributed by atoms with Crippen molar-refractivity contribution in [1.82, 2.24) is 0 Å². The summed E-state index contributed by atoms with van der Waals surface area (Å²) >= 11 is 0. The third-order valence-corrected chi connectivity index (χ3v) is 11.2. The Hall–Kier alpha value is 0.0738. The Morgan fingerprint density at radius 1 is 0.719 bits per heavy atom. The molecule has 0 saturated carbocycles. The average molecular weight is 499 g/mol. The molecule has 2 rings (SSSR count). The fraction of sp³-hybridized carbons (Fsp3) is 1.00. The molecule has 11 heteroatoms. The first-order valence-corrected chi connectivity index (χ1v) is 16.3. The van der Waals surface area contributed by atoms with E-state index in [9.17, 15) is 0 Å². The van der Waals surface area contributed by atoms with Crippen molar-refractivity contribution in [3.05, 3.63) is 0 Å². The minimum Gasteiger partial charge on any atom is -0.398 e. The van der Waals surface area contributed by atoms with E-state index >= 15 is 0 Å². The highest BCUT2D eigenvalue weighted by atomic mass is 28.4. The fourth-order valence-corrected chi connectivity index (χ4v) is 6.87. The molecule has 2 aliphatic heterocycles.